The first-order valence-corrected chi connectivity index (χ1v) is 16.6. The molecule has 14 nitrogen and oxygen atoms in total. The Morgan fingerprint density at radius 2 is 1.68 bits per heavy atom. The Hall–Kier alpha value is -5.27. The van der Waals surface area contributed by atoms with Gasteiger partial charge in [0.05, 0.1) is 12.5 Å². The van der Waals surface area contributed by atoms with Gasteiger partial charge in [0.25, 0.3) is 0 Å². The number of fused-ring (bicyclic) bond motifs is 2. The Labute approximate surface area is 290 Å². The molecule has 4 amide bonds. The maximum Gasteiger partial charge on any atom is 0.305 e. The molecular formula is C36H45N5O9. The monoisotopic (exact) mass is 691 g/mol. The van der Waals surface area contributed by atoms with Crippen LogP contribution in [-0.2, 0) is 46.4 Å². The number of aldehydes is 1. The third-order valence-corrected chi connectivity index (χ3v) is 8.95. The molecule has 2 aliphatic rings. The van der Waals surface area contributed by atoms with Crippen molar-refractivity contribution in [2.75, 3.05) is 11.9 Å². The van der Waals surface area contributed by atoms with Gasteiger partial charge in [-0.15, -0.1) is 0 Å². The fourth-order valence-corrected chi connectivity index (χ4v) is 6.37. The summed E-state index contributed by atoms with van der Waals surface area (Å²) in [7, 11) is 0. The van der Waals surface area contributed by atoms with E-state index < -0.39 is 77.6 Å². The maximum atomic E-state index is 14.5. The van der Waals surface area contributed by atoms with Crippen LogP contribution in [0.25, 0.3) is 0 Å². The van der Waals surface area contributed by atoms with E-state index in [-0.39, 0.29) is 25.8 Å². The Balaban J connectivity index is 1.60. The zero-order chi connectivity index (χ0) is 36.7. The first kappa shape index (κ1) is 37.5. The van der Waals surface area contributed by atoms with E-state index in [2.05, 4.69) is 21.3 Å². The molecule has 2 heterocycles. The number of carboxylic acids is 2. The van der Waals surface area contributed by atoms with E-state index in [0.717, 1.165) is 22.4 Å². The van der Waals surface area contributed by atoms with Crippen LogP contribution in [0.15, 0.2) is 42.5 Å². The molecule has 0 saturated heterocycles. The van der Waals surface area contributed by atoms with E-state index in [1.807, 2.05) is 37.3 Å². The maximum absolute atomic E-state index is 14.5. The van der Waals surface area contributed by atoms with Crippen molar-refractivity contribution < 1.29 is 43.8 Å². The van der Waals surface area contributed by atoms with E-state index >= 15 is 0 Å². The van der Waals surface area contributed by atoms with Crippen molar-refractivity contribution in [1.29, 1.82) is 0 Å². The van der Waals surface area contributed by atoms with Gasteiger partial charge < -0.3 is 41.2 Å². The van der Waals surface area contributed by atoms with Gasteiger partial charge in [-0.05, 0) is 54.4 Å². The lowest BCUT2D eigenvalue weighted by Crippen LogP contribution is -2.61. The van der Waals surface area contributed by atoms with Gasteiger partial charge in [-0.2, -0.15) is 0 Å². The zero-order valence-corrected chi connectivity index (χ0v) is 28.7. The third kappa shape index (κ3) is 9.24. The summed E-state index contributed by atoms with van der Waals surface area (Å²) in [5.41, 5.74) is 3.10. The molecular weight excluding hydrogens is 646 g/mol. The van der Waals surface area contributed by atoms with Gasteiger partial charge in [0, 0.05) is 25.1 Å². The van der Waals surface area contributed by atoms with Crippen LogP contribution in [0.1, 0.15) is 74.8 Å². The summed E-state index contributed by atoms with van der Waals surface area (Å²) < 4.78 is 0. The predicted molar refractivity (Wildman–Crippen MR) is 182 cm³/mol. The summed E-state index contributed by atoms with van der Waals surface area (Å²) in [6.45, 7) is 7.19. The second-order valence-electron chi connectivity index (χ2n) is 13.9. The molecule has 0 radical (unpaired) electrons. The summed E-state index contributed by atoms with van der Waals surface area (Å²) in [4.78, 5) is 91.1. The molecule has 0 aromatic heterocycles. The summed E-state index contributed by atoms with van der Waals surface area (Å²) in [5, 5.41) is 29.6. The molecule has 5 atom stereocenters. The van der Waals surface area contributed by atoms with Crippen molar-refractivity contribution in [2.45, 2.75) is 96.4 Å². The number of carbonyl (C=O) groups is 7. The number of carboxylic acid groups (broad SMARTS) is 2. The van der Waals surface area contributed by atoms with E-state index in [0.29, 0.717) is 24.7 Å². The standard InChI is InChI=1S/C36H45N5O9/c1-20-12-13-24-21(16-20)14-15-41(30(24)34(49)37-23(19-42)18-29(45)46)35(50)31(36(2,3)4)40-32(47)26(10-7-11-28(43)44)39-33(48)27-17-22-8-5-6-9-25(22)38-27/h5-6,8-9,12-13,16,19,23,26-27,30-31,38H,7,10-11,14-15,17-18H2,1-4H3,(H,37,49)(H,39,48)(H,40,47)(H,43,44)(H,45,46)/t23-,26-,27-,30?,31+/m0/s1. The number of aryl methyl sites for hydroxylation is 1. The molecule has 2 aromatic carbocycles. The Morgan fingerprint density at radius 3 is 2.32 bits per heavy atom. The highest BCUT2D eigenvalue weighted by atomic mass is 16.4. The van der Waals surface area contributed by atoms with Crippen LogP contribution < -0.4 is 21.3 Å². The number of nitrogens with one attached hydrogen (secondary N) is 4. The minimum Gasteiger partial charge on any atom is -0.481 e. The molecule has 14 heteroatoms. The molecule has 2 aromatic rings. The van der Waals surface area contributed by atoms with Gasteiger partial charge >= 0.3 is 11.9 Å². The Kier molecular flexibility index (Phi) is 12.0. The first-order chi connectivity index (χ1) is 23.6. The number of para-hydroxylation sites is 1. The lowest BCUT2D eigenvalue weighted by atomic mass is 9.83. The van der Waals surface area contributed by atoms with Crippen molar-refractivity contribution in [3.63, 3.8) is 0 Å². The fraction of sp³-hybridized carbons (Fsp3) is 0.472. The average Bonchev–Trinajstić information content (AvgIpc) is 3.49. The molecule has 4 rings (SSSR count). The zero-order valence-electron chi connectivity index (χ0n) is 28.7. The van der Waals surface area contributed by atoms with Crippen LogP contribution in [-0.4, -0.2) is 87.7 Å². The van der Waals surface area contributed by atoms with Gasteiger partial charge in [0.15, 0.2) is 0 Å². The molecule has 0 fully saturated rings. The van der Waals surface area contributed by atoms with Crippen LogP contribution in [0.4, 0.5) is 5.69 Å². The lowest BCUT2D eigenvalue weighted by Gasteiger charge is -2.41. The SMILES string of the molecule is Cc1ccc2c(c1)CCN(C(=O)[C@@H](NC(=O)[C@H](CCCC(=O)O)NC(=O)[C@@H]1Cc3ccccc3N1)C(C)(C)C)C2C(=O)N[C@H](C=O)CC(=O)O. The lowest BCUT2D eigenvalue weighted by molar-refractivity contribution is -0.147. The van der Waals surface area contributed by atoms with Crippen LogP contribution in [0.3, 0.4) is 0 Å². The Morgan fingerprint density at radius 1 is 0.960 bits per heavy atom. The molecule has 0 saturated carbocycles. The molecule has 0 spiro atoms. The Bertz CT molecular complexity index is 1630. The number of amides is 4. The van der Waals surface area contributed by atoms with Crippen LogP contribution in [0, 0.1) is 12.3 Å². The van der Waals surface area contributed by atoms with Gasteiger partial charge in [-0.25, -0.2) is 0 Å². The highest BCUT2D eigenvalue weighted by molar-refractivity contribution is 5.97. The van der Waals surface area contributed by atoms with Crippen molar-refractivity contribution in [3.05, 3.63) is 64.7 Å². The number of aliphatic carboxylic acids is 2. The van der Waals surface area contributed by atoms with Gasteiger partial charge in [0.2, 0.25) is 23.6 Å². The highest BCUT2D eigenvalue weighted by Gasteiger charge is 2.44. The minimum absolute atomic E-state index is 0.00721. The molecule has 6 N–H and O–H groups in total. The summed E-state index contributed by atoms with van der Waals surface area (Å²) in [6, 6.07) is 7.25. The first-order valence-electron chi connectivity index (χ1n) is 16.6. The molecule has 268 valence electrons. The van der Waals surface area contributed by atoms with Gasteiger partial charge in [-0.1, -0.05) is 62.7 Å². The van der Waals surface area contributed by atoms with Gasteiger partial charge in [-0.3, -0.25) is 28.8 Å². The second kappa shape index (κ2) is 16.0. The normalized spacial score (nSPS) is 18.3. The topological polar surface area (TPSA) is 211 Å². The molecule has 0 aliphatic carbocycles. The van der Waals surface area contributed by atoms with Crippen molar-refractivity contribution in [3.8, 4) is 0 Å². The van der Waals surface area contributed by atoms with Gasteiger partial charge in [0.1, 0.15) is 30.5 Å². The van der Waals surface area contributed by atoms with Crippen LogP contribution in [0.5, 0.6) is 0 Å². The highest BCUT2D eigenvalue weighted by Crippen LogP contribution is 2.34. The fourth-order valence-electron chi connectivity index (χ4n) is 6.37. The number of anilines is 1. The van der Waals surface area contributed by atoms with Crippen molar-refractivity contribution in [1.82, 2.24) is 20.9 Å². The minimum atomic E-state index is -1.33. The van der Waals surface area contributed by atoms with Crippen LogP contribution in [0.2, 0.25) is 0 Å². The summed E-state index contributed by atoms with van der Waals surface area (Å²) in [5.74, 6) is -4.84. The molecule has 50 heavy (non-hydrogen) atoms. The van der Waals surface area contributed by atoms with E-state index in [1.165, 1.54) is 4.90 Å². The largest absolute Gasteiger partial charge is 0.481 e. The summed E-state index contributed by atoms with van der Waals surface area (Å²) >= 11 is 0. The number of rotatable bonds is 14. The predicted octanol–water partition coefficient (Wildman–Crippen LogP) is 1.89. The third-order valence-electron chi connectivity index (χ3n) is 8.95. The molecule has 2 aliphatic heterocycles. The van der Waals surface area contributed by atoms with Crippen molar-refractivity contribution in [2.24, 2.45) is 5.41 Å². The van der Waals surface area contributed by atoms with Crippen molar-refractivity contribution >= 4 is 47.5 Å². The summed E-state index contributed by atoms with van der Waals surface area (Å²) in [6.07, 6.45) is 0.315. The number of benzene rings is 2. The van der Waals surface area contributed by atoms with E-state index in [4.69, 9.17) is 0 Å². The molecule has 1 unspecified atom stereocenters. The number of hydrogen-bond acceptors (Lipinski definition) is 8. The second-order valence-corrected chi connectivity index (χ2v) is 13.9. The van der Waals surface area contributed by atoms with Crippen LogP contribution >= 0.6 is 0 Å². The molecule has 0 bridgehead atoms. The number of hydrogen-bond donors (Lipinski definition) is 6. The van der Waals surface area contributed by atoms with E-state index in [9.17, 15) is 43.8 Å². The number of carbonyl (C=O) groups excluding carboxylic acids is 5. The quantitative estimate of drug-likeness (QED) is 0.158. The smallest absolute Gasteiger partial charge is 0.305 e. The number of nitrogens with zero attached hydrogens (tertiary/aromatic N) is 1. The van der Waals surface area contributed by atoms with E-state index in [1.54, 1.807) is 32.9 Å². The average molecular weight is 692 g/mol.